The standard InChI is InChI=1S/C24H34N2O3/c1-18(27)25(2)21-11-13-24(14-12-21)17-26(23(28)15-19-7-3-4-8-19)16-20-9-5-6-10-22(20)29-24/h5-6,9-10,19,21H,3-4,7-8,11-17H2,1-2H3. The monoisotopic (exact) mass is 398 g/mol. The minimum absolute atomic E-state index is 0.117. The summed E-state index contributed by atoms with van der Waals surface area (Å²) in [7, 11) is 1.89. The maximum Gasteiger partial charge on any atom is 0.223 e. The van der Waals surface area contributed by atoms with Crippen molar-refractivity contribution in [1.82, 2.24) is 9.80 Å². The van der Waals surface area contributed by atoms with Crippen LogP contribution in [-0.2, 0) is 16.1 Å². The lowest BCUT2D eigenvalue weighted by Crippen LogP contribution is -2.52. The molecule has 0 N–H and O–H groups in total. The molecule has 0 atom stereocenters. The zero-order chi connectivity index (χ0) is 20.4. The fourth-order valence-electron chi connectivity index (χ4n) is 5.41. The topological polar surface area (TPSA) is 49.9 Å². The Bertz CT molecular complexity index is 748. The van der Waals surface area contributed by atoms with E-state index in [1.165, 1.54) is 25.7 Å². The van der Waals surface area contributed by atoms with E-state index in [-0.39, 0.29) is 23.5 Å². The van der Waals surface area contributed by atoms with Gasteiger partial charge in [-0.1, -0.05) is 31.0 Å². The van der Waals surface area contributed by atoms with Gasteiger partial charge in [0.15, 0.2) is 0 Å². The van der Waals surface area contributed by atoms with Crippen LogP contribution >= 0.6 is 0 Å². The molecule has 0 unspecified atom stereocenters. The SMILES string of the molecule is CC(=O)N(C)C1CCC2(CC1)CN(C(=O)CC1CCCC1)Cc1ccccc1O2. The first-order chi connectivity index (χ1) is 14.0. The third-order valence-corrected chi connectivity index (χ3v) is 7.34. The molecular weight excluding hydrogens is 364 g/mol. The number of carbonyl (C=O) groups excluding carboxylic acids is 2. The van der Waals surface area contributed by atoms with Gasteiger partial charge in [-0.15, -0.1) is 0 Å². The van der Waals surface area contributed by atoms with Crippen molar-refractivity contribution in [2.24, 2.45) is 5.92 Å². The predicted molar refractivity (Wildman–Crippen MR) is 112 cm³/mol. The predicted octanol–water partition coefficient (Wildman–Crippen LogP) is 4.15. The lowest BCUT2D eigenvalue weighted by Gasteiger charge is -2.43. The number of hydrogen-bond donors (Lipinski definition) is 0. The van der Waals surface area contributed by atoms with Crippen molar-refractivity contribution in [3.63, 3.8) is 0 Å². The molecule has 0 bridgehead atoms. The van der Waals surface area contributed by atoms with Crippen molar-refractivity contribution in [2.45, 2.75) is 82.9 Å². The van der Waals surface area contributed by atoms with Gasteiger partial charge >= 0.3 is 0 Å². The normalized spacial score (nSPS) is 27.2. The first kappa shape index (κ1) is 20.2. The van der Waals surface area contributed by atoms with Gasteiger partial charge in [0.2, 0.25) is 11.8 Å². The Morgan fingerprint density at radius 2 is 1.83 bits per heavy atom. The molecule has 5 heteroatoms. The van der Waals surface area contributed by atoms with E-state index in [4.69, 9.17) is 4.74 Å². The first-order valence-corrected chi connectivity index (χ1v) is 11.2. The van der Waals surface area contributed by atoms with Gasteiger partial charge in [-0.25, -0.2) is 0 Å². The van der Waals surface area contributed by atoms with Crippen LogP contribution in [0.5, 0.6) is 5.75 Å². The van der Waals surface area contributed by atoms with E-state index in [2.05, 4.69) is 11.0 Å². The van der Waals surface area contributed by atoms with Crippen LogP contribution in [0.3, 0.4) is 0 Å². The molecule has 2 saturated carbocycles. The van der Waals surface area contributed by atoms with Gasteiger partial charge in [0.05, 0.1) is 6.54 Å². The Morgan fingerprint density at radius 1 is 1.14 bits per heavy atom. The van der Waals surface area contributed by atoms with Gasteiger partial charge in [0.1, 0.15) is 11.4 Å². The quantitative estimate of drug-likeness (QED) is 0.769. The molecule has 0 aromatic heterocycles. The highest BCUT2D eigenvalue weighted by molar-refractivity contribution is 5.77. The number of benzene rings is 1. The molecule has 1 aromatic carbocycles. The second kappa shape index (κ2) is 8.37. The largest absolute Gasteiger partial charge is 0.485 e. The zero-order valence-corrected chi connectivity index (χ0v) is 17.9. The van der Waals surface area contributed by atoms with Crippen LogP contribution in [0.4, 0.5) is 0 Å². The smallest absolute Gasteiger partial charge is 0.223 e. The third kappa shape index (κ3) is 4.44. The second-order valence-corrected chi connectivity index (χ2v) is 9.36. The number of nitrogens with zero attached hydrogens (tertiary/aromatic N) is 2. The van der Waals surface area contributed by atoms with E-state index in [0.29, 0.717) is 25.4 Å². The summed E-state index contributed by atoms with van der Waals surface area (Å²) < 4.78 is 6.63. The van der Waals surface area contributed by atoms with E-state index in [0.717, 1.165) is 37.0 Å². The lowest BCUT2D eigenvalue weighted by molar-refractivity contribution is -0.136. The summed E-state index contributed by atoms with van der Waals surface area (Å²) in [6.45, 7) is 2.93. The van der Waals surface area contributed by atoms with Gasteiger partial charge in [-0.05, 0) is 50.5 Å². The molecule has 3 aliphatic rings. The van der Waals surface area contributed by atoms with Crippen LogP contribution in [0.1, 0.15) is 70.3 Å². The number of ether oxygens (including phenoxy) is 1. The molecular formula is C24H34N2O3. The molecule has 2 fully saturated rings. The van der Waals surface area contributed by atoms with E-state index < -0.39 is 0 Å². The molecule has 158 valence electrons. The molecule has 1 heterocycles. The lowest BCUT2D eigenvalue weighted by atomic mass is 9.81. The van der Waals surface area contributed by atoms with Crippen molar-refractivity contribution in [3.8, 4) is 5.75 Å². The molecule has 1 spiro atoms. The van der Waals surface area contributed by atoms with E-state index in [9.17, 15) is 9.59 Å². The molecule has 2 amide bonds. The molecule has 0 saturated heterocycles. The molecule has 1 aliphatic heterocycles. The van der Waals surface area contributed by atoms with Crippen LogP contribution in [0.25, 0.3) is 0 Å². The van der Waals surface area contributed by atoms with Crippen LogP contribution in [0.2, 0.25) is 0 Å². The van der Waals surface area contributed by atoms with Gasteiger partial charge in [0, 0.05) is 38.5 Å². The molecule has 1 aromatic rings. The van der Waals surface area contributed by atoms with Gasteiger partial charge < -0.3 is 14.5 Å². The summed E-state index contributed by atoms with van der Waals surface area (Å²) in [6.07, 6.45) is 9.17. The highest BCUT2D eigenvalue weighted by Gasteiger charge is 2.43. The molecule has 5 nitrogen and oxygen atoms in total. The minimum atomic E-state index is -0.341. The van der Waals surface area contributed by atoms with E-state index in [1.807, 2.05) is 30.1 Å². The van der Waals surface area contributed by atoms with Crippen molar-refractivity contribution in [1.29, 1.82) is 0 Å². The number of amides is 2. The Morgan fingerprint density at radius 3 is 2.52 bits per heavy atom. The summed E-state index contributed by atoms with van der Waals surface area (Å²) in [5.41, 5.74) is 0.763. The van der Waals surface area contributed by atoms with Crippen molar-refractivity contribution >= 4 is 11.8 Å². The summed E-state index contributed by atoms with van der Waals surface area (Å²) >= 11 is 0. The number of carbonyl (C=O) groups is 2. The Kier molecular flexibility index (Phi) is 5.84. The van der Waals surface area contributed by atoms with Crippen molar-refractivity contribution in [2.75, 3.05) is 13.6 Å². The van der Waals surface area contributed by atoms with Crippen molar-refractivity contribution < 1.29 is 14.3 Å². The highest BCUT2D eigenvalue weighted by atomic mass is 16.5. The van der Waals surface area contributed by atoms with Crippen molar-refractivity contribution in [3.05, 3.63) is 29.8 Å². The Balaban J connectivity index is 1.52. The van der Waals surface area contributed by atoms with Crippen LogP contribution in [0.15, 0.2) is 24.3 Å². The van der Waals surface area contributed by atoms with Crippen LogP contribution < -0.4 is 4.74 Å². The summed E-state index contributed by atoms with van der Waals surface area (Å²) in [4.78, 5) is 28.9. The Hall–Kier alpha value is -2.04. The minimum Gasteiger partial charge on any atom is -0.485 e. The van der Waals surface area contributed by atoms with E-state index in [1.54, 1.807) is 6.92 Å². The van der Waals surface area contributed by atoms with Gasteiger partial charge in [0.25, 0.3) is 0 Å². The maximum atomic E-state index is 13.2. The van der Waals surface area contributed by atoms with Gasteiger partial charge in [-0.2, -0.15) is 0 Å². The fourth-order valence-corrected chi connectivity index (χ4v) is 5.41. The summed E-state index contributed by atoms with van der Waals surface area (Å²) in [5.74, 6) is 1.87. The van der Waals surface area contributed by atoms with Gasteiger partial charge in [-0.3, -0.25) is 9.59 Å². The summed E-state index contributed by atoms with van der Waals surface area (Å²) in [5, 5.41) is 0. The number of hydrogen-bond acceptors (Lipinski definition) is 3. The average Bonchev–Trinajstić information content (AvgIpc) is 3.16. The number of para-hydroxylation sites is 1. The molecule has 4 rings (SSSR count). The fraction of sp³-hybridized carbons (Fsp3) is 0.667. The number of rotatable bonds is 3. The third-order valence-electron chi connectivity index (χ3n) is 7.34. The number of fused-ring (bicyclic) bond motifs is 1. The molecule has 0 radical (unpaired) electrons. The zero-order valence-electron chi connectivity index (χ0n) is 17.9. The average molecular weight is 399 g/mol. The Labute approximate surface area is 174 Å². The highest BCUT2D eigenvalue weighted by Crippen LogP contribution is 2.40. The van der Waals surface area contributed by atoms with E-state index >= 15 is 0 Å². The molecule has 2 aliphatic carbocycles. The maximum absolute atomic E-state index is 13.2. The van der Waals surface area contributed by atoms with Crippen LogP contribution in [-0.4, -0.2) is 46.8 Å². The first-order valence-electron chi connectivity index (χ1n) is 11.2. The summed E-state index contributed by atoms with van der Waals surface area (Å²) in [6, 6.07) is 8.42. The second-order valence-electron chi connectivity index (χ2n) is 9.36. The molecule has 29 heavy (non-hydrogen) atoms. The van der Waals surface area contributed by atoms with Crippen LogP contribution in [0, 0.1) is 5.92 Å².